The second kappa shape index (κ2) is 6.37. The summed E-state index contributed by atoms with van der Waals surface area (Å²) < 4.78 is 2.18. The Hall–Kier alpha value is -2.44. The van der Waals surface area contributed by atoms with Crippen LogP contribution in [0, 0.1) is 0 Å². The molecule has 0 spiro atoms. The fourth-order valence-electron chi connectivity index (χ4n) is 4.21. The number of carbonyl (C=O) groups is 1. The number of likely N-dealkylation sites (tertiary alicyclic amines) is 1. The lowest BCUT2D eigenvalue weighted by atomic mass is 10.1. The first-order chi connectivity index (χ1) is 12.8. The van der Waals surface area contributed by atoms with Gasteiger partial charge in [0.05, 0.1) is 24.3 Å². The molecule has 3 aromatic rings. The maximum atomic E-state index is 13.1. The predicted molar refractivity (Wildman–Crippen MR) is 101 cm³/mol. The van der Waals surface area contributed by atoms with E-state index in [1.54, 1.807) is 17.5 Å². The molecule has 0 radical (unpaired) electrons. The van der Waals surface area contributed by atoms with Gasteiger partial charge in [-0.25, -0.2) is 0 Å². The molecule has 0 bridgehead atoms. The summed E-state index contributed by atoms with van der Waals surface area (Å²) in [5.74, 6) is 0.110. The van der Waals surface area contributed by atoms with Gasteiger partial charge in [-0.05, 0) is 46.7 Å². The van der Waals surface area contributed by atoms with Crippen LogP contribution in [0.1, 0.15) is 27.8 Å². The van der Waals surface area contributed by atoms with Crippen LogP contribution in [0.2, 0.25) is 0 Å². The minimum absolute atomic E-state index is 0.110. The molecule has 3 aromatic heterocycles. The summed E-state index contributed by atoms with van der Waals surface area (Å²) in [6.45, 7) is 3.38. The Morgan fingerprint density at radius 3 is 2.81 bits per heavy atom. The normalized spacial score (nSPS) is 22.5. The topological polar surface area (TPSA) is 41.4 Å². The lowest BCUT2D eigenvalue weighted by Crippen LogP contribution is -2.49. The van der Waals surface area contributed by atoms with Gasteiger partial charge in [0.15, 0.2) is 0 Å². The number of nitrogens with zero attached hydrogens (tertiary/aromatic N) is 4. The van der Waals surface area contributed by atoms with Crippen molar-refractivity contribution >= 4 is 17.2 Å². The number of rotatable bonds is 4. The molecule has 2 aliphatic heterocycles. The average Bonchev–Trinajstić information content (AvgIpc) is 3.40. The molecule has 6 heteroatoms. The maximum absolute atomic E-state index is 13.1. The molecule has 0 aliphatic carbocycles. The van der Waals surface area contributed by atoms with Gasteiger partial charge >= 0.3 is 0 Å². The SMILES string of the molecule is O=C1c2cccn2[C@H]2CN(Cc3ccsc3)C[C@H]2N1Cc1ccccn1. The first-order valence-corrected chi connectivity index (χ1v) is 9.85. The maximum Gasteiger partial charge on any atom is 0.271 e. The first-order valence-electron chi connectivity index (χ1n) is 8.91. The molecular weight excluding hydrogens is 344 g/mol. The fourth-order valence-corrected chi connectivity index (χ4v) is 4.87. The Balaban J connectivity index is 1.45. The zero-order valence-electron chi connectivity index (χ0n) is 14.4. The third kappa shape index (κ3) is 2.66. The van der Waals surface area contributed by atoms with Gasteiger partial charge in [-0.2, -0.15) is 11.3 Å². The molecule has 2 atom stereocenters. The summed E-state index contributed by atoms with van der Waals surface area (Å²) in [7, 11) is 0. The molecule has 1 saturated heterocycles. The highest BCUT2D eigenvalue weighted by Gasteiger charge is 2.44. The van der Waals surface area contributed by atoms with Crippen LogP contribution in [0.5, 0.6) is 0 Å². The minimum Gasteiger partial charge on any atom is -0.337 e. The van der Waals surface area contributed by atoms with Crippen LogP contribution in [0.15, 0.2) is 59.6 Å². The third-order valence-electron chi connectivity index (χ3n) is 5.40. The molecule has 0 aromatic carbocycles. The van der Waals surface area contributed by atoms with Crippen LogP contribution >= 0.6 is 11.3 Å². The van der Waals surface area contributed by atoms with Crippen LogP contribution in [-0.2, 0) is 13.1 Å². The Kier molecular flexibility index (Phi) is 3.87. The first kappa shape index (κ1) is 15.8. The van der Waals surface area contributed by atoms with Gasteiger partial charge in [0.1, 0.15) is 5.69 Å². The lowest BCUT2D eigenvalue weighted by molar-refractivity contribution is 0.0553. The van der Waals surface area contributed by atoms with Crippen molar-refractivity contribution in [3.8, 4) is 0 Å². The highest BCUT2D eigenvalue weighted by Crippen LogP contribution is 2.35. The lowest BCUT2D eigenvalue weighted by Gasteiger charge is -2.38. The molecule has 1 amide bonds. The highest BCUT2D eigenvalue weighted by atomic mass is 32.1. The molecule has 132 valence electrons. The van der Waals surface area contributed by atoms with Gasteiger partial charge < -0.3 is 9.47 Å². The molecule has 5 rings (SSSR count). The van der Waals surface area contributed by atoms with E-state index in [-0.39, 0.29) is 11.9 Å². The molecule has 1 fully saturated rings. The van der Waals surface area contributed by atoms with Crippen molar-refractivity contribution in [1.29, 1.82) is 0 Å². The number of hydrogen-bond acceptors (Lipinski definition) is 4. The highest BCUT2D eigenvalue weighted by molar-refractivity contribution is 7.07. The number of pyridine rings is 1. The molecule has 5 nitrogen and oxygen atoms in total. The zero-order chi connectivity index (χ0) is 17.5. The molecule has 2 aliphatic rings. The number of amides is 1. The van der Waals surface area contributed by atoms with E-state index in [0.29, 0.717) is 12.6 Å². The van der Waals surface area contributed by atoms with Crippen LogP contribution in [0.25, 0.3) is 0 Å². The quantitative estimate of drug-likeness (QED) is 0.715. The molecular formula is C20H20N4OS. The van der Waals surface area contributed by atoms with E-state index in [9.17, 15) is 4.79 Å². The van der Waals surface area contributed by atoms with E-state index >= 15 is 0 Å². The standard InChI is InChI=1S/C20H20N4OS/c25-20-17-5-3-8-23(17)18-12-22(10-15-6-9-26-14-15)13-19(18)24(20)11-16-4-1-2-7-21-16/h1-9,14,18-19H,10-13H2/t18-,19+/m0/s1. The Bertz CT molecular complexity index is 905. The third-order valence-corrected chi connectivity index (χ3v) is 6.13. The van der Waals surface area contributed by atoms with Crippen LogP contribution in [-0.4, -0.2) is 44.4 Å². The summed E-state index contributed by atoms with van der Waals surface area (Å²) in [4.78, 5) is 22.0. The van der Waals surface area contributed by atoms with Crippen molar-refractivity contribution in [1.82, 2.24) is 19.4 Å². The fraction of sp³-hybridized carbons (Fsp3) is 0.300. The number of thiophene rings is 1. The van der Waals surface area contributed by atoms with Crippen molar-refractivity contribution < 1.29 is 4.79 Å². The minimum atomic E-state index is 0.110. The average molecular weight is 364 g/mol. The molecule has 0 unspecified atom stereocenters. The van der Waals surface area contributed by atoms with E-state index in [1.807, 2.05) is 35.2 Å². The summed E-state index contributed by atoms with van der Waals surface area (Å²) in [6.07, 6.45) is 3.85. The number of aromatic nitrogens is 2. The Labute approximate surface area is 156 Å². The Morgan fingerprint density at radius 1 is 1.08 bits per heavy atom. The van der Waals surface area contributed by atoms with Crippen LogP contribution in [0.3, 0.4) is 0 Å². The van der Waals surface area contributed by atoms with E-state index < -0.39 is 0 Å². The molecule has 26 heavy (non-hydrogen) atoms. The van der Waals surface area contributed by atoms with Gasteiger partial charge in [0, 0.05) is 32.0 Å². The van der Waals surface area contributed by atoms with Crippen molar-refractivity contribution in [2.75, 3.05) is 13.1 Å². The van der Waals surface area contributed by atoms with Crippen molar-refractivity contribution in [2.45, 2.75) is 25.2 Å². The molecule has 0 N–H and O–H groups in total. The van der Waals surface area contributed by atoms with Crippen LogP contribution in [0.4, 0.5) is 0 Å². The number of hydrogen-bond donors (Lipinski definition) is 0. The summed E-state index contributed by atoms with van der Waals surface area (Å²) >= 11 is 1.74. The molecule has 0 saturated carbocycles. The largest absolute Gasteiger partial charge is 0.337 e. The second-order valence-corrected chi connectivity index (χ2v) is 7.80. The Morgan fingerprint density at radius 2 is 2.00 bits per heavy atom. The zero-order valence-corrected chi connectivity index (χ0v) is 15.2. The van der Waals surface area contributed by atoms with Crippen LogP contribution < -0.4 is 0 Å². The van der Waals surface area contributed by atoms with Gasteiger partial charge in [0.25, 0.3) is 5.91 Å². The monoisotopic (exact) mass is 364 g/mol. The van der Waals surface area contributed by atoms with Gasteiger partial charge in [-0.15, -0.1) is 0 Å². The predicted octanol–water partition coefficient (Wildman–Crippen LogP) is 3.03. The molecule has 5 heterocycles. The van der Waals surface area contributed by atoms with E-state index in [1.165, 1.54) is 5.56 Å². The number of fused-ring (bicyclic) bond motifs is 3. The van der Waals surface area contributed by atoms with E-state index in [0.717, 1.165) is 31.0 Å². The van der Waals surface area contributed by atoms with Crippen molar-refractivity contribution in [3.63, 3.8) is 0 Å². The van der Waals surface area contributed by atoms with Gasteiger partial charge in [-0.3, -0.25) is 14.7 Å². The number of carbonyl (C=O) groups excluding carboxylic acids is 1. The van der Waals surface area contributed by atoms with Gasteiger partial charge in [0.2, 0.25) is 0 Å². The second-order valence-electron chi connectivity index (χ2n) is 7.02. The van der Waals surface area contributed by atoms with Gasteiger partial charge in [-0.1, -0.05) is 6.07 Å². The van der Waals surface area contributed by atoms with E-state index in [2.05, 4.69) is 37.5 Å². The smallest absolute Gasteiger partial charge is 0.271 e. The van der Waals surface area contributed by atoms with Crippen molar-refractivity contribution in [2.24, 2.45) is 0 Å². The van der Waals surface area contributed by atoms with E-state index in [4.69, 9.17) is 0 Å². The van der Waals surface area contributed by atoms with Crippen molar-refractivity contribution in [3.05, 3.63) is 76.5 Å². The summed E-state index contributed by atoms with van der Waals surface area (Å²) in [5, 5.41) is 4.33. The summed E-state index contributed by atoms with van der Waals surface area (Å²) in [6, 6.07) is 12.5. The summed E-state index contributed by atoms with van der Waals surface area (Å²) in [5.41, 5.74) is 3.08.